The molecule has 3 heteroatoms. The van der Waals surface area contributed by atoms with Crippen LogP contribution in [0, 0.1) is 0 Å². The number of nitrogens with two attached hydrogens (primary N) is 1. The molecule has 17 heavy (non-hydrogen) atoms. The standard InChI is InChI=1S/C14H24N2O/c1-5-13(15)12-8-6-7-9-14(12)16(3)10-11(2)17-4/h6-9,11,13H,5,10,15H2,1-4H3. The monoisotopic (exact) mass is 236 g/mol. The molecule has 0 spiro atoms. The zero-order chi connectivity index (χ0) is 12.8. The number of hydrogen-bond acceptors (Lipinski definition) is 3. The van der Waals surface area contributed by atoms with Gasteiger partial charge in [0.2, 0.25) is 0 Å². The fourth-order valence-corrected chi connectivity index (χ4v) is 1.93. The SMILES string of the molecule is CCC(N)c1ccccc1N(C)CC(C)OC. The summed E-state index contributed by atoms with van der Waals surface area (Å²) in [6.45, 7) is 5.04. The molecule has 0 fully saturated rings. The molecule has 2 unspecified atom stereocenters. The number of benzene rings is 1. The molecule has 2 N–H and O–H groups in total. The van der Waals surface area contributed by atoms with Crippen molar-refractivity contribution < 1.29 is 4.74 Å². The first-order chi connectivity index (χ1) is 8.10. The van der Waals surface area contributed by atoms with E-state index in [0.717, 1.165) is 13.0 Å². The summed E-state index contributed by atoms with van der Waals surface area (Å²) >= 11 is 0. The van der Waals surface area contributed by atoms with Crippen molar-refractivity contribution in [2.24, 2.45) is 5.73 Å². The second kappa shape index (κ2) is 6.62. The molecular formula is C14H24N2O. The molecule has 2 atom stereocenters. The van der Waals surface area contributed by atoms with E-state index < -0.39 is 0 Å². The molecule has 1 rings (SSSR count). The van der Waals surface area contributed by atoms with Crippen LogP contribution in [0.2, 0.25) is 0 Å². The van der Waals surface area contributed by atoms with E-state index in [1.807, 2.05) is 6.07 Å². The highest BCUT2D eigenvalue weighted by Crippen LogP contribution is 2.26. The van der Waals surface area contributed by atoms with Crippen molar-refractivity contribution in [3.05, 3.63) is 29.8 Å². The van der Waals surface area contributed by atoms with Crippen molar-refractivity contribution in [2.75, 3.05) is 25.6 Å². The first-order valence-corrected chi connectivity index (χ1v) is 6.18. The Hall–Kier alpha value is -1.06. The summed E-state index contributed by atoms with van der Waals surface area (Å²) in [5.74, 6) is 0. The van der Waals surface area contributed by atoms with E-state index >= 15 is 0 Å². The number of ether oxygens (including phenoxy) is 1. The van der Waals surface area contributed by atoms with Gasteiger partial charge in [-0.15, -0.1) is 0 Å². The minimum absolute atomic E-state index is 0.103. The lowest BCUT2D eigenvalue weighted by Crippen LogP contribution is -2.29. The van der Waals surface area contributed by atoms with Crippen LogP contribution in [0.5, 0.6) is 0 Å². The Kier molecular flexibility index (Phi) is 5.45. The predicted octanol–water partition coefficient (Wildman–Crippen LogP) is 2.57. The lowest BCUT2D eigenvalue weighted by Gasteiger charge is -2.26. The van der Waals surface area contributed by atoms with Gasteiger partial charge in [0, 0.05) is 32.4 Å². The molecule has 0 aliphatic rings. The summed E-state index contributed by atoms with van der Waals surface area (Å²) in [7, 11) is 3.82. The summed E-state index contributed by atoms with van der Waals surface area (Å²) in [5.41, 5.74) is 8.55. The Bertz CT molecular complexity index is 341. The van der Waals surface area contributed by atoms with Gasteiger partial charge in [0.05, 0.1) is 6.10 Å². The summed E-state index contributed by atoms with van der Waals surface area (Å²) in [6, 6.07) is 8.42. The Morgan fingerprint density at radius 1 is 1.35 bits per heavy atom. The third-order valence-corrected chi connectivity index (χ3v) is 3.12. The summed E-state index contributed by atoms with van der Waals surface area (Å²) in [6.07, 6.45) is 1.16. The van der Waals surface area contributed by atoms with Crippen LogP contribution >= 0.6 is 0 Å². The number of para-hydroxylation sites is 1. The maximum absolute atomic E-state index is 6.14. The van der Waals surface area contributed by atoms with Crippen LogP contribution in [0.1, 0.15) is 31.9 Å². The van der Waals surface area contributed by atoms with Gasteiger partial charge >= 0.3 is 0 Å². The molecule has 3 nitrogen and oxygen atoms in total. The fraction of sp³-hybridized carbons (Fsp3) is 0.571. The molecule has 0 saturated heterocycles. The first-order valence-electron chi connectivity index (χ1n) is 6.18. The predicted molar refractivity (Wildman–Crippen MR) is 73.4 cm³/mol. The lowest BCUT2D eigenvalue weighted by molar-refractivity contribution is 0.124. The normalized spacial score (nSPS) is 14.4. The highest BCUT2D eigenvalue weighted by Gasteiger charge is 2.13. The van der Waals surface area contributed by atoms with Crippen LogP contribution in [0.4, 0.5) is 5.69 Å². The number of hydrogen-bond donors (Lipinski definition) is 1. The zero-order valence-corrected chi connectivity index (χ0v) is 11.3. The van der Waals surface area contributed by atoms with E-state index in [1.54, 1.807) is 7.11 Å². The molecular weight excluding hydrogens is 212 g/mol. The maximum atomic E-state index is 6.14. The van der Waals surface area contributed by atoms with Gasteiger partial charge < -0.3 is 15.4 Å². The summed E-state index contributed by atoms with van der Waals surface area (Å²) < 4.78 is 5.30. The molecule has 0 radical (unpaired) electrons. The van der Waals surface area contributed by atoms with Gasteiger partial charge in [0.1, 0.15) is 0 Å². The zero-order valence-electron chi connectivity index (χ0n) is 11.3. The molecule has 0 heterocycles. The number of anilines is 1. The van der Waals surface area contributed by atoms with Crippen LogP contribution in [-0.4, -0.2) is 26.8 Å². The van der Waals surface area contributed by atoms with E-state index in [9.17, 15) is 0 Å². The van der Waals surface area contributed by atoms with E-state index in [-0.39, 0.29) is 12.1 Å². The van der Waals surface area contributed by atoms with Crippen molar-refractivity contribution in [3.63, 3.8) is 0 Å². The van der Waals surface area contributed by atoms with Crippen molar-refractivity contribution in [2.45, 2.75) is 32.4 Å². The number of likely N-dealkylation sites (N-methyl/N-ethyl adjacent to an activating group) is 1. The second-order valence-electron chi connectivity index (χ2n) is 4.50. The quantitative estimate of drug-likeness (QED) is 0.825. The minimum atomic E-state index is 0.103. The van der Waals surface area contributed by atoms with E-state index in [4.69, 9.17) is 10.5 Å². The smallest absolute Gasteiger partial charge is 0.0717 e. The summed E-state index contributed by atoms with van der Waals surface area (Å²) in [4.78, 5) is 2.21. The third-order valence-electron chi connectivity index (χ3n) is 3.12. The van der Waals surface area contributed by atoms with Crippen molar-refractivity contribution in [1.29, 1.82) is 0 Å². The molecule has 96 valence electrons. The van der Waals surface area contributed by atoms with E-state index in [1.165, 1.54) is 11.3 Å². The van der Waals surface area contributed by atoms with Crippen LogP contribution in [0.25, 0.3) is 0 Å². The number of rotatable bonds is 6. The Labute approximate surface area is 105 Å². The minimum Gasteiger partial charge on any atom is -0.380 e. The van der Waals surface area contributed by atoms with E-state index in [0.29, 0.717) is 0 Å². The highest BCUT2D eigenvalue weighted by molar-refractivity contribution is 5.54. The van der Waals surface area contributed by atoms with Crippen molar-refractivity contribution >= 4 is 5.69 Å². The molecule has 1 aromatic rings. The van der Waals surface area contributed by atoms with Crippen LogP contribution < -0.4 is 10.6 Å². The molecule has 1 aromatic carbocycles. The van der Waals surface area contributed by atoms with Gasteiger partial charge in [0.15, 0.2) is 0 Å². The average molecular weight is 236 g/mol. The van der Waals surface area contributed by atoms with Crippen molar-refractivity contribution in [3.8, 4) is 0 Å². The Morgan fingerprint density at radius 2 is 2.00 bits per heavy atom. The van der Waals surface area contributed by atoms with Gasteiger partial charge in [0.25, 0.3) is 0 Å². The van der Waals surface area contributed by atoms with Crippen LogP contribution in [-0.2, 0) is 4.74 Å². The average Bonchev–Trinajstić information content (AvgIpc) is 2.37. The van der Waals surface area contributed by atoms with Gasteiger partial charge in [-0.2, -0.15) is 0 Å². The maximum Gasteiger partial charge on any atom is 0.0717 e. The molecule has 0 bridgehead atoms. The van der Waals surface area contributed by atoms with Crippen molar-refractivity contribution in [1.82, 2.24) is 0 Å². The Morgan fingerprint density at radius 3 is 2.59 bits per heavy atom. The molecule has 0 aliphatic carbocycles. The van der Waals surface area contributed by atoms with Gasteiger partial charge in [-0.25, -0.2) is 0 Å². The van der Waals surface area contributed by atoms with Gasteiger partial charge in [-0.05, 0) is 25.0 Å². The Balaban J connectivity index is 2.88. The lowest BCUT2D eigenvalue weighted by atomic mass is 10.0. The van der Waals surface area contributed by atoms with Crippen LogP contribution in [0.3, 0.4) is 0 Å². The number of methoxy groups -OCH3 is 1. The molecule has 0 saturated carbocycles. The topological polar surface area (TPSA) is 38.5 Å². The highest BCUT2D eigenvalue weighted by atomic mass is 16.5. The third kappa shape index (κ3) is 3.72. The largest absolute Gasteiger partial charge is 0.380 e. The second-order valence-corrected chi connectivity index (χ2v) is 4.50. The van der Waals surface area contributed by atoms with E-state index in [2.05, 4.69) is 44.0 Å². The van der Waals surface area contributed by atoms with Gasteiger partial charge in [-0.3, -0.25) is 0 Å². The van der Waals surface area contributed by atoms with Gasteiger partial charge in [-0.1, -0.05) is 25.1 Å². The summed E-state index contributed by atoms with van der Waals surface area (Å²) in [5, 5.41) is 0. The molecule has 0 aliphatic heterocycles. The first kappa shape index (κ1) is 14.0. The van der Waals surface area contributed by atoms with Crippen LogP contribution in [0.15, 0.2) is 24.3 Å². The fourth-order valence-electron chi connectivity index (χ4n) is 1.93. The molecule has 0 amide bonds. The number of nitrogens with zero attached hydrogens (tertiary/aromatic N) is 1. The molecule has 0 aromatic heterocycles.